The highest BCUT2D eigenvalue weighted by molar-refractivity contribution is 7.90. The molecule has 134 valence electrons. The minimum absolute atomic E-state index is 0.0699. The van der Waals surface area contributed by atoms with Crippen molar-refractivity contribution in [2.45, 2.75) is 44.5 Å². The van der Waals surface area contributed by atoms with Crippen LogP contribution in [-0.2, 0) is 25.9 Å². The number of halogens is 2. The topological polar surface area (TPSA) is 96.5 Å². The summed E-state index contributed by atoms with van der Waals surface area (Å²) in [4.78, 5) is 4.10. The van der Waals surface area contributed by atoms with E-state index in [1.165, 1.54) is 26.8 Å². The first kappa shape index (κ1) is 16.2. The highest BCUT2D eigenvalue weighted by Crippen LogP contribution is 2.40. The Hall–Kier alpha value is -2.27. The smallest absolute Gasteiger partial charge is 0.411 e. The van der Waals surface area contributed by atoms with Crippen molar-refractivity contribution in [2.24, 2.45) is 0 Å². The number of aryl methyl sites for hydroxylation is 3. The Morgan fingerprint density at radius 3 is 2.68 bits per heavy atom. The Labute approximate surface area is 141 Å². The van der Waals surface area contributed by atoms with Crippen LogP contribution < -0.4 is 0 Å². The fourth-order valence-corrected chi connectivity index (χ4v) is 5.01. The molecule has 1 unspecified atom stereocenters. The molecule has 0 bridgehead atoms. The second-order valence-corrected chi connectivity index (χ2v) is 7.56. The predicted molar refractivity (Wildman–Crippen MR) is 78.1 cm³/mol. The molecule has 2 aromatic rings. The van der Waals surface area contributed by atoms with E-state index in [4.69, 9.17) is 4.52 Å². The molecule has 25 heavy (non-hydrogen) atoms. The molecule has 0 saturated carbocycles. The van der Waals surface area contributed by atoms with Crippen LogP contribution in [0.5, 0.6) is 0 Å². The number of aromatic nitrogens is 3. The second kappa shape index (κ2) is 4.88. The molecule has 11 heteroatoms. The lowest BCUT2D eigenvalue weighted by Gasteiger charge is -2.16. The monoisotopic (exact) mass is 373 g/mol. The number of hydrogen-bond donors (Lipinski definition) is 0. The van der Waals surface area contributed by atoms with Gasteiger partial charge in [-0.3, -0.25) is 4.74 Å². The van der Waals surface area contributed by atoms with E-state index in [-0.39, 0.29) is 45.7 Å². The van der Waals surface area contributed by atoms with E-state index in [1.807, 2.05) is 0 Å². The average molecular weight is 373 g/mol. The third-order valence-corrected chi connectivity index (χ3v) is 6.14. The molecule has 0 radical (unpaired) electrons. The summed E-state index contributed by atoms with van der Waals surface area (Å²) in [6.45, 7) is 4.51. The highest BCUT2D eigenvalue weighted by atomic mass is 32.2. The van der Waals surface area contributed by atoms with Gasteiger partial charge in [0, 0.05) is 12.5 Å². The van der Waals surface area contributed by atoms with Crippen molar-refractivity contribution < 1.29 is 31.2 Å². The van der Waals surface area contributed by atoms with E-state index in [1.54, 1.807) is 0 Å². The van der Waals surface area contributed by atoms with Gasteiger partial charge in [0.25, 0.3) is 10.0 Å². The molecule has 1 saturated heterocycles. The summed E-state index contributed by atoms with van der Waals surface area (Å²) >= 11 is 0. The SMILES string of the molecule is Cc1noc(C)c1S(=O)(=O)n1c(C)nc2c1CC1OC(F)(F)OC1=C2. The lowest BCUT2D eigenvalue weighted by molar-refractivity contribution is -0.341. The maximum absolute atomic E-state index is 13.3. The van der Waals surface area contributed by atoms with Crippen molar-refractivity contribution in [3.63, 3.8) is 0 Å². The third kappa shape index (κ3) is 2.29. The molecule has 1 aliphatic carbocycles. The van der Waals surface area contributed by atoms with E-state index in [0.717, 1.165) is 3.97 Å². The molecular weight excluding hydrogens is 360 g/mol. The number of nitrogens with zero attached hydrogens (tertiary/aromatic N) is 3. The molecule has 1 aliphatic heterocycles. The van der Waals surface area contributed by atoms with Crippen LogP contribution in [0.25, 0.3) is 6.08 Å². The van der Waals surface area contributed by atoms with E-state index < -0.39 is 22.4 Å². The van der Waals surface area contributed by atoms with Crippen molar-refractivity contribution in [3.8, 4) is 0 Å². The molecule has 4 rings (SSSR count). The van der Waals surface area contributed by atoms with E-state index in [9.17, 15) is 17.2 Å². The Morgan fingerprint density at radius 1 is 1.32 bits per heavy atom. The van der Waals surface area contributed by atoms with Gasteiger partial charge < -0.3 is 9.26 Å². The number of ether oxygens (including phenoxy) is 2. The average Bonchev–Trinajstić information content (AvgIpc) is 3.07. The number of fused-ring (bicyclic) bond motifs is 2. The summed E-state index contributed by atoms with van der Waals surface area (Å²) in [5.41, 5.74) is 0.700. The quantitative estimate of drug-likeness (QED) is 0.793. The lowest BCUT2D eigenvalue weighted by Crippen LogP contribution is -2.25. The van der Waals surface area contributed by atoms with Crippen molar-refractivity contribution >= 4 is 16.1 Å². The van der Waals surface area contributed by atoms with Gasteiger partial charge in [0.15, 0.2) is 10.7 Å². The summed E-state index contributed by atoms with van der Waals surface area (Å²) < 4.78 is 67.6. The van der Waals surface area contributed by atoms with Gasteiger partial charge in [-0.15, -0.1) is 8.78 Å². The summed E-state index contributed by atoms with van der Waals surface area (Å²) in [6.07, 6.45) is -3.64. The lowest BCUT2D eigenvalue weighted by atomic mass is 10.0. The van der Waals surface area contributed by atoms with Gasteiger partial charge in [0.2, 0.25) is 0 Å². The molecule has 1 atom stereocenters. The van der Waals surface area contributed by atoms with Crippen LogP contribution in [0.3, 0.4) is 0 Å². The fraction of sp³-hybridized carbons (Fsp3) is 0.429. The largest absolute Gasteiger partial charge is 0.535 e. The minimum Gasteiger partial charge on any atom is -0.411 e. The Balaban J connectivity index is 1.87. The van der Waals surface area contributed by atoms with Crippen LogP contribution in [0.2, 0.25) is 0 Å². The van der Waals surface area contributed by atoms with E-state index >= 15 is 0 Å². The first-order valence-electron chi connectivity index (χ1n) is 7.33. The van der Waals surface area contributed by atoms with Gasteiger partial charge >= 0.3 is 6.29 Å². The van der Waals surface area contributed by atoms with Crippen molar-refractivity contribution in [2.75, 3.05) is 0 Å². The maximum atomic E-state index is 13.3. The summed E-state index contributed by atoms with van der Waals surface area (Å²) in [7, 11) is -4.06. The van der Waals surface area contributed by atoms with Gasteiger partial charge in [0.1, 0.15) is 23.4 Å². The molecule has 2 aliphatic rings. The van der Waals surface area contributed by atoms with Crippen LogP contribution in [-0.4, -0.2) is 34.9 Å². The predicted octanol–water partition coefficient (Wildman–Crippen LogP) is 1.90. The Kier molecular flexibility index (Phi) is 3.17. The molecule has 0 N–H and O–H groups in total. The van der Waals surface area contributed by atoms with Gasteiger partial charge in [-0.05, 0) is 20.8 Å². The standard InChI is InChI=1S/C14H13F2N3O5S/c1-6-13(7(2)24-18-6)25(20,21)19-8(3)17-9-4-11-12(5-10(9)19)23-14(15,16)22-11/h4,12H,5H2,1-3H3. The van der Waals surface area contributed by atoms with Crippen LogP contribution in [0.1, 0.15) is 28.7 Å². The maximum Gasteiger partial charge on any atom is 0.535 e. The number of imidazole rings is 1. The van der Waals surface area contributed by atoms with Crippen LogP contribution in [0.15, 0.2) is 15.2 Å². The summed E-state index contributed by atoms with van der Waals surface area (Å²) in [5.74, 6) is 0.254. The van der Waals surface area contributed by atoms with Gasteiger partial charge in [-0.1, -0.05) is 5.16 Å². The molecule has 1 fully saturated rings. The molecule has 3 heterocycles. The minimum atomic E-state index is -4.06. The van der Waals surface area contributed by atoms with Crippen molar-refractivity contribution in [1.82, 2.24) is 14.1 Å². The van der Waals surface area contributed by atoms with Gasteiger partial charge in [-0.25, -0.2) is 17.4 Å². The first-order valence-corrected chi connectivity index (χ1v) is 8.77. The molecular formula is C14H13F2N3O5S. The van der Waals surface area contributed by atoms with Crippen LogP contribution >= 0.6 is 0 Å². The van der Waals surface area contributed by atoms with E-state index in [2.05, 4.69) is 19.6 Å². The van der Waals surface area contributed by atoms with Crippen molar-refractivity contribution in [3.05, 3.63) is 34.4 Å². The zero-order chi connectivity index (χ0) is 18.1. The highest BCUT2D eigenvalue weighted by Gasteiger charge is 2.50. The van der Waals surface area contributed by atoms with Crippen LogP contribution in [0.4, 0.5) is 8.78 Å². The normalized spacial score (nSPS) is 21.5. The second-order valence-electron chi connectivity index (χ2n) is 5.84. The number of hydrogen-bond acceptors (Lipinski definition) is 7. The van der Waals surface area contributed by atoms with Crippen LogP contribution in [0, 0.1) is 20.8 Å². The van der Waals surface area contributed by atoms with Crippen molar-refractivity contribution in [1.29, 1.82) is 0 Å². The Bertz CT molecular complexity index is 1000. The fourth-order valence-electron chi connectivity index (χ4n) is 3.17. The summed E-state index contributed by atoms with van der Waals surface area (Å²) in [5, 5.41) is 3.66. The number of alkyl halides is 2. The first-order chi connectivity index (χ1) is 11.6. The number of rotatable bonds is 2. The van der Waals surface area contributed by atoms with Gasteiger partial charge in [-0.2, -0.15) is 0 Å². The molecule has 0 spiro atoms. The molecule has 0 aromatic carbocycles. The molecule has 0 amide bonds. The third-order valence-electron chi connectivity index (χ3n) is 4.07. The summed E-state index contributed by atoms with van der Waals surface area (Å²) in [6, 6.07) is 0. The zero-order valence-electron chi connectivity index (χ0n) is 13.4. The van der Waals surface area contributed by atoms with E-state index in [0.29, 0.717) is 0 Å². The molecule has 8 nitrogen and oxygen atoms in total. The zero-order valence-corrected chi connectivity index (χ0v) is 14.2. The molecule has 2 aromatic heterocycles. The van der Waals surface area contributed by atoms with Gasteiger partial charge in [0.05, 0.1) is 11.4 Å². The Morgan fingerprint density at radius 2 is 2.04 bits per heavy atom.